The number of aryl methyl sites for hydroxylation is 1. The predicted octanol–water partition coefficient (Wildman–Crippen LogP) is 3.50. The number of hydrogen-bond acceptors (Lipinski definition) is 6. The van der Waals surface area contributed by atoms with E-state index < -0.39 is 35.2 Å². The van der Waals surface area contributed by atoms with E-state index in [2.05, 4.69) is 0 Å². The number of hydrogen-bond donors (Lipinski definition) is 1. The number of rotatable bonds is 7. The number of carbonyl (C=O) groups excluding carboxylic acids is 3. The lowest BCUT2D eigenvalue weighted by molar-refractivity contribution is -0.141. The van der Waals surface area contributed by atoms with Crippen LogP contribution in [0.4, 0.5) is 5.69 Å². The fourth-order valence-electron chi connectivity index (χ4n) is 3.67. The van der Waals surface area contributed by atoms with Crippen molar-refractivity contribution in [3.8, 4) is 0 Å². The summed E-state index contributed by atoms with van der Waals surface area (Å²) >= 11 is 6.16. The van der Waals surface area contributed by atoms with Crippen molar-refractivity contribution in [1.82, 2.24) is 4.57 Å². The maximum atomic E-state index is 13.2. The number of aliphatic hydroxyl groups is 1. The lowest BCUT2D eigenvalue weighted by Crippen LogP contribution is -2.33. The highest BCUT2D eigenvalue weighted by Crippen LogP contribution is 2.42. The molecule has 8 nitrogen and oxygen atoms in total. The first-order valence-corrected chi connectivity index (χ1v) is 10.8. The fraction of sp³-hybridized carbons (Fsp3) is 0.333. The Kier molecular flexibility index (Phi) is 7.07. The Labute approximate surface area is 196 Å². The fourth-order valence-corrected chi connectivity index (χ4v) is 3.89. The van der Waals surface area contributed by atoms with Crippen LogP contribution < -0.4 is 10.5 Å². The quantitative estimate of drug-likeness (QED) is 0.618. The molecule has 1 aromatic carbocycles. The summed E-state index contributed by atoms with van der Waals surface area (Å²) < 4.78 is 6.13. The van der Waals surface area contributed by atoms with Crippen LogP contribution in [-0.4, -0.2) is 33.9 Å². The molecule has 0 aliphatic carbocycles. The smallest absolute Gasteiger partial charge is 0.302 e. The van der Waals surface area contributed by atoms with Gasteiger partial charge in [0.1, 0.15) is 11.6 Å². The lowest BCUT2D eigenvalue weighted by Gasteiger charge is -2.28. The van der Waals surface area contributed by atoms with Gasteiger partial charge in [-0.2, -0.15) is 0 Å². The number of carbonyl (C=O) groups is 3. The third-order valence-corrected chi connectivity index (χ3v) is 5.61. The summed E-state index contributed by atoms with van der Waals surface area (Å²) in [4.78, 5) is 51.0. The molecule has 1 aliphatic heterocycles. The Morgan fingerprint density at radius 3 is 2.39 bits per heavy atom. The second kappa shape index (κ2) is 9.62. The normalized spacial score (nSPS) is 16.0. The molecule has 174 valence electrons. The number of benzene rings is 1. The Morgan fingerprint density at radius 2 is 1.82 bits per heavy atom. The van der Waals surface area contributed by atoms with Gasteiger partial charge in [0, 0.05) is 19.0 Å². The largest absolute Gasteiger partial charge is 0.503 e. The minimum absolute atomic E-state index is 0.00682. The summed E-state index contributed by atoms with van der Waals surface area (Å²) in [6.45, 7) is 6.49. The molecule has 1 aromatic heterocycles. The van der Waals surface area contributed by atoms with Gasteiger partial charge in [-0.15, -0.1) is 0 Å². The van der Waals surface area contributed by atoms with E-state index in [1.165, 1.54) is 28.7 Å². The van der Waals surface area contributed by atoms with Crippen molar-refractivity contribution < 1.29 is 24.2 Å². The van der Waals surface area contributed by atoms with Crippen LogP contribution >= 0.6 is 11.6 Å². The van der Waals surface area contributed by atoms with Crippen LogP contribution in [-0.2, 0) is 25.7 Å². The second-order valence-electron chi connectivity index (χ2n) is 8.15. The molecule has 0 saturated heterocycles. The Hall–Kier alpha value is -3.39. The Bertz CT molecular complexity index is 1200. The van der Waals surface area contributed by atoms with Crippen molar-refractivity contribution in [2.45, 2.75) is 40.3 Å². The van der Waals surface area contributed by atoms with Crippen LogP contribution in [0.25, 0.3) is 0 Å². The number of ketones is 1. The molecule has 1 unspecified atom stereocenters. The maximum absolute atomic E-state index is 13.2. The Balaban J connectivity index is 2.14. The molecule has 0 saturated carbocycles. The van der Waals surface area contributed by atoms with Gasteiger partial charge in [0.05, 0.1) is 23.8 Å². The summed E-state index contributed by atoms with van der Waals surface area (Å²) in [5, 5.41) is 10.5. The van der Waals surface area contributed by atoms with Gasteiger partial charge in [-0.25, -0.2) is 0 Å². The topological polar surface area (TPSA) is 106 Å². The zero-order valence-electron chi connectivity index (χ0n) is 18.8. The summed E-state index contributed by atoms with van der Waals surface area (Å²) in [5.74, 6) is -2.71. The van der Waals surface area contributed by atoms with E-state index in [0.29, 0.717) is 5.56 Å². The van der Waals surface area contributed by atoms with E-state index in [-0.39, 0.29) is 35.2 Å². The number of aromatic nitrogens is 1. The van der Waals surface area contributed by atoms with E-state index in [1.54, 1.807) is 26.0 Å². The third-order valence-electron chi connectivity index (χ3n) is 5.33. The third kappa shape index (κ3) is 4.85. The van der Waals surface area contributed by atoms with Crippen LogP contribution in [0.2, 0.25) is 5.02 Å². The van der Waals surface area contributed by atoms with Crippen molar-refractivity contribution in [2.24, 2.45) is 5.92 Å². The molecular weight excluding hydrogens is 448 g/mol. The van der Waals surface area contributed by atoms with Gasteiger partial charge in [-0.1, -0.05) is 55.3 Å². The summed E-state index contributed by atoms with van der Waals surface area (Å²) in [7, 11) is 0. The standard InChI is InChI=1S/C24H25ClN2O6/c1-13(2)21(29)19-20(16-7-5-14(3)6-8-16)27(24(32)22(19)30)17-11-18(25)23(31)26(12-17)9-10-33-15(4)28/h5-8,11-13,20,30H,9-10H2,1-4H3. The van der Waals surface area contributed by atoms with E-state index in [0.717, 1.165) is 5.56 Å². The molecule has 9 heteroatoms. The predicted molar refractivity (Wildman–Crippen MR) is 123 cm³/mol. The van der Waals surface area contributed by atoms with Gasteiger partial charge in [0.25, 0.3) is 11.5 Å². The number of amides is 1. The zero-order chi connectivity index (χ0) is 24.4. The van der Waals surface area contributed by atoms with E-state index in [9.17, 15) is 24.3 Å². The summed E-state index contributed by atoms with van der Waals surface area (Å²) in [6, 6.07) is 7.68. The molecule has 0 fully saturated rings. The number of ether oxygens (including phenoxy) is 1. The highest BCUT2D eigenvalue weighted by Gasteiger charge is 2.45. The number of anilines is 1. The number of nitrogens with zero attached hydrogens (tertiary/aromatic N) is 2. The number of halogens is 1. The number of pyridine rings is 1. The van der Waals surface area contributed by atoms with Crippen LogP contribution in [0, 0.1) is 12.8 Å². The average Bonchev–Trinajstić information content (AvgIpc) is 3.01. The highest BCUT2D eigenvalue weighted by atomic mass is 35.5. The average molecular weight is 473 g/mol. The molecule has 0 bridgehead atoms. The summed E-state index contributed by atoms with van der Waals surface area (Å²) in [5.41, 5.74) is 1.29. The van der Waals surface area contributed by atoms with Crippen molar-refractivity contribution in [1.29, 1.82) is 0 Å². The van der Waals surface area contributed by atoms with Gasteiger partial charge in [0.15, 0.2) is 11.5 Å². The first kappa shape index (κ1) is 24.3. The molecular formula is C24H25ClN2O6. The minimum atomic E-state index is -0.900. The molecule has 0 radical (unpaired) electrons. The van der Waals surface area contributed by atoms with Crippen LogP contribution in [0.3, 0.4) is 0 Å². The molecule has 1 aliphatic rings. The zero-order valence-corrected chi connectivity index (χ0v) is 19.5. The van der Waals surface area contributed by atoms with Gasteiger partial charge in [-0.3, -0.25) is 24.1 Å². The Morgan fingerprint density at radius 1 is 1.18 bits per heavy atom. The van der Waals surface area contributed by atoms with Crippen molar-refractivity contribution in [3.05, 3.63) is 74.4 Å². The lowest BCUT2D eigenvalue weighted by atomic mass is 9.91. The maximum Gasteiger partial charge on any atom is 0.302 e. The summed E-state index contributed by atoms with van der Waals surface area (Å²) in [6.07, 6.45) is 1.40. The molecule has 1 atom stereocenters. The van der Waals surface area contributed by atoms with E-state index >= 15 is 0 Å². The minimum Gasteiger partial charge on any atom is -0.503 e. The number of Topliss-reactive ketones (excluding diaryl/α,β-unsaturated/α-hetero) is 1. The van der Waals surface area contributed by atoms with Gasteiger partial charge < -0.3 is 14.4 Å². The van der Waals surface area contributed by atoms with Crippen LogP contribution in [0.1, 0.15) is 37.9 Å². The molecule has 1 amide bonds. The van der Waals surface area contributed by atoms with Gasteiger partial charge in [0.2, 0.25) is 0 Å². The first-order chi connectivity index (χ1) is 15.5. The first-order valence-electron chi connectivity index (χ1n) is 10.4. The monoisotopic (exact) mass is 472 g/mol. The highest BCUT2D eigenvalue weighted by molar-refractivity contribution is 6.30. The van der Waals surface area contributed by atoms with Gasteiger partial charge >= 0.3 is 5.97 Å². The molecule has 2 aromatic rings. The van der Waals surface area contributed by atoms with E-state index in [4.69, 9.17) is 16.3 Å². The number of aliphatic hydroxyl groups excluding tert-OH is 1. The molecule has 2 heterocycles. The van der Waals surface area contributed by atoms with Crippen molar-refractivity contribution in [3.63, 3.8) is 0 Å². The van der Waals surface area contributed by atoms with E-state index in [1.807, 2.05) is 19.1 Å². The second-order valence-corrected chi connectivity index (χ2v) is 8.56. The van der Waals surface area contributed by atoms with Crippen molar-refractivity contribution in [2.75, 3.05) is 11.5 Å². The molecule has 33 heavy (non-hydrogen) atoms. The van der Waals surface area contributed by atoms with Gasteiger partial charge in [-0.05, 0) is 18.6 Å². The van der Waals surface area contributed by atoms with Crippen LogP contribution in [0.5, 0.6) is 0 Å². The molecule has 0 spiro atoms. The number of esters is 1. The molecule has 1 N–H and O–H groups in total. The molecule has 3 rings (SSSR count). The van der Waals surface area contributed by atoms with Crippen LogP contribution in [0.15, 0.2) is 52.7 Å². The van der Waals surface area contributed by atoms with Crippen molar-refractivity contribution >= 4 is 34.9 Å². The SMILES string of the molecule is CC(=O)OCCn1cc(N2C(=O)C(O)=C(C(=O)C(C)C)C2c2ccc(C)cc2)cc(Cl)c1=O.